The molecule has 20 heavy (non-hydrogen) atoms. The van der Waals surface area contributed by atoms with Crippen LogP contribution < -0.4 is 5.56 Å². The van der Waals surface area contributed by atoms with Gasteiger partial charge in [-0.15, -0.1) is 0 Å². The Morgan fingerprint density at radius 3 is 2.75 bits per heavy atom. The van der Waals surface area contributed by atoms with Crippen molar-refractivity contribution in [2.75, 3.05) is 0 Å². The van der Waals surface area contributed by atoms with E-state index in [1.807, 2.05) is 65.3 Å². The molecule has 3 heterocycles. The van der Waals surface area contributed by atoms with Gasteiger partial charge in [-0.05, 0) is 30.3 Å². The molecule has 0 unspecified atom stereocenters. The van der Waals surface area contributed by atoms with Crippen LogP contribution in [0.2, 0.25) is 0 Å². The van der Waals surface area contributed by atoms with Gasteiger partial charge >= 0.3 is 0 Å². The SMILES string of the molecule is O=c1[nH]c2ccccc2nc1-c1ccn2ccccc12. The zero-order valence-electron chi connectivity index (χ0n) is 10.6. The number of hydrogen-bond acceptors (Lipinski definition) is 2. The summed E-state index contributed by atoms with van der Waals surface area (Å²) in [5.41, 5.74) is 3.65. The number of fused-ring (bicyclic) bond motifs is 2. The van der Waals surface area contributed by atoms with E-state index in [0.717, 1.165) is 22.1 Å². The minimum Gasteiger partial charge on any atom is -0.323 e. The summed E-state index contributed by atoms with van der Waals surface area (Å²) >= 11 is 0. The van der Waals surface area contributed by atoms with Gasteiger partial charge in [0.2, 0.25) is 0 Å². The molecule has 0 aliphatic rings. The molecule has 0 spiro atoms. The quantitative estimate of drug-likeness (QED) is 0.573. The maximum Gasteiger partial charge on any atom is 0.275 e. The molecule has 0 bridgehead atoms. The van der Waals surface area contributed by atoms with Gasteiger partial charge in [0.25, 0.3) is 5.56 Å². The van der Waals surface area contributed by atoms with Gasteiger partial charge in [-0.3, -0.25) is 4.79 Å². The first kappa shape index (κ1) is 11.0. The Morgan fingerprint density at radius 1 is 0.950 bits per heavy atom. The highest BCUT2D eigenvalue weighted by molar-refractivity contribution is 5.82. The fourth-order valence-corrected chi connectivity index (χ4v) is 2.47. The van der Waals surface area contributed by atoms with Crippen LogP contribution >= 0.6 is 0 Å². The lowest BCUT2D eigenvalue weighted by Gasteiger charge is -2.02. The average Bonchev–Trinajstić information content (AvgIpc) is 2.90. The van der Waals surface area contributed by atoms with Gasteiger partial charge in [0.1, 0.15) is 5.69 Å². The smallest absolute Gasteiger partial charge is 0.275 e. The molecule has 0 aliphatic carbocycles. The van der Waals surface area contributed by atoms with Crippen LogP contribution in [0.5, 0.6) is 0 Å². The van der Waals surface area contributed by atoms with Crippen molar-refractivity contribution in [1.82, 2.24) is 14.4 Å². The van der Waals surface area contributed by atoms with Gasteiger partial charge in [-0.25, -0.2) is 4.98 Å². The van der Waals surface area contributed by atoms with Crippen LogP contribution in [-0.4, -0.2) is 14.4 Å². The molecular formula is C16H11N3O. The highest BCUT2D eigenvalue weighted by Crippen LogP contribution is 2.22. The predicted octanol–water partition coefficient (Wildman–Crippen LogP) is 2.84. The second-order valence-electron chi connectivity index (χ2n) is 4.65. The molecule has 4 aromatic rings. The number of rotatable bonds is 1. The van der Waals surface area contributed by atoms with E-state index in [4.69, 9.17) is 0 Å². The van der Waals surface area contributed by atoms with Gasteiger partial charge in [-0.1, -0.05) is 18.2 Å². The molecule has 0 amide bonds. The predicted molar refractivity (Wildman–Crippen MR) is 78.8 cm³/mol. The van der Waals surface area contributed by atoms with Crippen molar-refractivity contribution in [3.05, 3.63) is 71.3 Å². The number of para-hydroxylation sites is 2. The van der Waals surface area contributed by atoms with Crippen LogP contribution in [-0.2, 0) is 0 Å². The lowest BCUT2D eigenvalue weighted by Crippen LogP contribution is -2.11. The molecule has 4 rings (SSSR count). The van der Waals surface area contributed by atoms with Gasteiger partial charge in [0, 0.05) is 18.0 Å². The molecular weight excluding hydrogens is 250 g/mol. The highest BCUT2D eigenvalue weighted by Gasteiger charge is 2.11. The largest absolute Gasteiger partial charge is 0.323 e. The summed E-state index contributed by atoms with van der Waals surface area (Å²) < 4.78 is 1.98. The number of pyridine rings is 1. The number of H-pyrrole nitrogens is 1. The molecule has 0 saturated heterocycles. The van der Waals surface area contributed by atoms with Gasteiger partial charge in [0.05, 0.1) is 16.6 Å². The third-order valence-electron chi connectivity index (χ3n) is 3.42. The van der Waals surface area contributed by atoms with Crippen LogP contribution in [0.15, 0.2) is 65.7 Å². The van der Waals surface area contributed by atoms with E-state index in [1.165, 1.54) is 0 Å². The van der Waals surface area contributed by atoms with Crippen LogP contribution in [0.4, 0.5) is 0 Å². The van der Waals surface area contributed by atoms with E-state index in [-0.39, 0.29) is 5.56 Å². The zero-order valence-corrected chi connectivity index (χ0v) is 10.6. The molecule has 1 N–H and O–H groups in total. The normalized spacial score (nSPS) is 11.2. The molecule has 4 nitrogen and oxygen atoms in total. The molecule has 96 valence electrons. The molecule has 0 aliphatic heterocycles. The van der Waals surface area contributed by atoms with E-state index >= 15 is 0 Å². The van der Waals surface area contributed by atoms with E-state index in [0.29, 0.717) is 5.69 Å². The second kappa shape index (κ2) is 4.06. The minimum atomic E-state index is -0.166. The molecule has 0 saturated carbocycles. The van der Waals surface area contributed by atoms with Gasteiger partial charge in [-0.2, -0.15) is 0 Å². The van der Waals surface area contributed by atoms with Crippen molar-refractivity contribution >= 4 is 16.6 Å². The number of aromatic amines is 1. The Bertz CT molecular complexity index is 982. The number of hydrogen-bond donors (Lipinski definition) is 1. The van der Waals surface area contributed by atoms with Crippen molar-refractivity contribution in [2.45, 2.75) is 0 Å². The Labute approximate surface area is 114 Å². The van der Waals surface area contributed by atoms with Crippen LogP contribution in [0.3, 0.4) is 0 Å². The Morgan fingerprint density at radius 2 is 1.80 bits per heavy atom. The van der Waals surface area contributed by atoms with Crippen molar-refractivity contribution in [3.63, 3.8) is 0 Å². The van der Waals surface area contributed by atoms with Crippen LogP contribution in [0.25, 0.3) is 27.8 Å². The maximum atomic E-state index is 12.2. The first-order valence-electron chi connectivity index (χ1n) is 6.38. The molecule has 0 radical (unpaired) electrons. The number of benzene rings is 1. The standard InChI is InChI=1S/C16H11N3O/c20-16-15(17-12-5-1-2-6-13(12)18-16)11-8-10-19-9-4-3-7-14(11)19/h1-10H,(H,18,20). The van der Waals surface area contributed by atoms with Crippen molar-refractivity contribution in [1.29, 1.82) is 0 Å². The summed E-state index contributed by atoms with van der Waals surface area (Å²) in [5, 5.41) is 0. The Balaban J connectivity index is 2.07. The third-order valence-corrected chi connectivity index (χ3v) is 3.42. The van der Waals surface area contributed by atoms with E-state index in [2.05, 4.69) is 9.97 Å². The second-order valence-corrected chi connectivity index (χ2v) is 4.65. The summed E-state index contributed by atoms with van der Waals surface area (Å²) in [6.07, 6.45) is 3.88. The van der Waals surface area contributed by atoms with E-state index < -0.39 is 0 Å². The van der Waals surface area contributed by atoms with E-state index in [1.54, 1.807) is 0 Å². The topological polar surface area (TPSA) is 50.2 Å². The summed E-state index contributed by atoms with van der Waals surface area (Å²) in [6.45, 7) is 0. The van der Waals surface area contributed by atoms with Gasteiger partial charge < -0.3 is 9.38 Å². The molecule has 1 aromatic carbocycles. The summed E-state index contributed by atoms with van der Waals surface area (Å²) in [5.74, 6) is 0. The Kier molecular flexibility index (Phi) is 2.23. The summed E-state index contributed by atoms with van der Waals surface area (Å²) in [7, 11) is 0. The molecule has 3 aromatic heterocycles. The highest BCUT2D eigenvalue weighted by atomic mass is 16.1. The zero-order chi connectivity index (χ0) is 13.5. The molecule has 4 heteroatoms. The van der Waals surface area contributed by atoms with Crippen molar-refractivity contribution < 1.29 is 0 Å². The monoisotopic (exact) mass is 261 g/mol. The van der Waals surface area contributed by atoms with Crippen LogP contribution in [0.1, 0.15) is 0 Å². The van der Waals surface area contributed by atoms with E-state index in [9.17, 15) is 4.79 Å². The first-order valence-corrected chi connectivity index (χ1v) is 6.38. The fourth-order valence-electron chi connectivity index (χ4n) is 2.47. The first-order chi connectivity index (χ1) is 9.83. The maximum absolute atomic E-state index is 12.2. The third kappa shape index (κ3) is 1.55. The Hall–Kier alpha value is -2.88. The lowest BCUT2D eigenvalue weighted by atomic mass is 10.2. The van der Waals surface area contributed by atoms with Crippen LogP contribution in [0, 0.1) is 0 Å². The average molecular weight is 261 g/mol. The number of nitrogens with one attached hydrogen (secondary N) is 1. The summed E-state index contributed by atoms with van der Waals surface area (Å²) in [6, 6.07) is 15.3. The number of nitrogens with zero attached hydrogens (tertiary/aromatic N) is 2. The van der Waals surface area contributed by atoms with Crippen molar-refractivity contribution in [3.8, 4) is 11.3 Å². The number of aromatic nitrogens is 3. The van der Waals surface area contributed by atoms with Gasteiger partial charge in [0.15, 0.2) is 0 Å². The molecule has 0 atom stereocenters. The lowest BCUT2D eigenvalue weighted by molar-refractivity contribution is 1.19. The molecule has 0 fully saturated rings. The minimum absolute atomic E-state index is 0.166. The van der Waals surface area contributed by atoms with Crippen molar-refractivity contribution in [2.24, 2.45) is 0 Å². The fraction of sp³-hybridized carbons (Fsp3) is 0. The summed E-state index contributed by atoms with van der Waals surface area (Å²) in [4.78, 5) is 19.6.